The molecule has 0 aliphatic heterocycles. The highest BCUT2D eigenvalue weighted by molar-refractivity contribution is 6.31. The van der Waals surface area contributed by atoms with Gasteiger partial charge in [0.25, 0.3) is 5.69 Å². The summed E-state index contributed by atoms with van der Waals surface area (Å²) >= 11 is 6.73. The number of pyridine rings is 1. The van der Waals surface area contributed by atoms with Gasteiger partial charge in [-0.3, -0.25) is 14.5 Å². The maximum absolute atomic E-state index is 11.1. The minimum absolute atomic E-state index is 0.0240. The summed E-state index contributed by atoms with van der Waals surface area (Å²) in [7, 11) is 0. The number of halogens is 1. The van der Waals surface area contributed by atoms with Crippen molar-refractivity contribution in [2.24, 2.45) is 0 Å². The molecule has 2 aromatic heterocycles. The summed E-state index contributed by atoms with van der Waals surface area (Å²) in [6.07, 6.45) is 0.378. The lowest BCUT2D eigenvalue weighted by atomic mass is 9.99. The molecule has 0 atom stereocenters. The summed E-state index contributed by atoms with van der Waals surface area (Å²) < 4.78 is 1.77. The van der Waals surface area contributed by atoms with Crippen molar-refractivity contribution in [2.75, 3.05) is 0 Å². The lowest BCUT2D eigenvalue weighted by molar-refractivity contribution is -0.384. The highest BCUT2D eigenvalue weighted by Crippen LogP contribution is 2.32. The summed E-state index contributed by atoms with van der Waals surface area (Å²) in [5.74, 6) is 0. The van der Waals surface area contributed by atoms with Gasteiger partial charge in [-0.25, -0.2) is 4.98 Å². The van der Waals surface area contributed by atoms with Crippen LogP contribution in [0.4, 0.5) is 5.69 Å². The van der Waals surface area contributed by atoms with E-state index in [1.165, 1.54) is 12.1 Å². The number of imidazole rings is 1. The molecule has 27 heavy (non-hydrogen) atoms. The van der Waals surface area contributed by atoms with Crippen LogP contribution in [-0.2, 0) is 6.42 Å². The van der Waals surface area contributed by atoms with E-state index in [-0.39, 0.29) is 5.69 Å². The van der Waals surface area contributed by atoms with E-state index in [9.17, 15) is 15.4 Å². The molecule has 0 radical (unpaired) electrons. The maximum Gasteiger partial charge on any atom is 0.269 e. The van der Waals surface area contributed by atoms with Crippen LogP contribution in [0.1, 0.15) is 22.3 Å². The molecule has 0 aliphatic rings. The van der Waals surface area contributed by atoms with Crippen LogP contribution in [0.3, 0.4) is 0 Å². The molecule has 4 aromatic rings. The van der Waals surface area contributed by atoms with Gasteiger partial charge in [-0.1, -0.05) is 35.9 Å². The number of aromatic nitrogens is 2. The van der Waals surface area contributed by atoms with E-state index in [4.69, 9.17) is 11.6 Å². The van der Waals surface area contributed by atoms with Crippen molar-refractivity contribution >= 4 is 34.0 Å². The van der Waals surface area contributed by atoms with Gasteiger partial charge in [-0.15, -0.1) is 0 Å². The topological polar surface area (TPSA) is 84.2 Å². The number of hydrogen-bond acceptors (Lipinski definition) is 4. The van der Waals surface area contributed by atoms with Crippen molar-refractivity contribution in [1.82, 2.24) is 9.38 Å². The van der Waals surface area contributed by atoms with Crippen LogP contribution in [-0.4, -0.2) is 14.3 Å². The fraction of sp³-hybridized carbons (Fsp3) is 0.100. The van der Waals surface area contributed by atoms with Crippen molar-refractivity contribution < 1.29 is 4.92 Å². The Kier molecular flexibility index (Phi) is 4.02. The molecule has 0 aliphatic carbocycles. The average molecular weight is 377 g/mol. The van der Waals surface area contributed by atoms with E-state index in [1.54, 1.807) is 10.5 Å². The molecule has 0 saturated heterocycles. The van der Waals surface area contributed by atoms with Gasteiger partial charge >= 0.3 is 0 Å². The quantitative estimate of drug-likeness (QED) is 0.291. The zero-order valence-electron chi connectivity index (χ0n) is 14.3. The summed E-state index contributed by atoms with van der Waals surface area (Å²) in [6, 6.07) is 16.2. The molecular weight excluding hydrogens is 364 g/mol. The lowest BCUT2D eigenvalue weighted by Crippen LogP contribution is -2.03. The second-order valence-corrected chi connectivity index (χ2v) is 6.60. The summed E-state index contributed by atoms with van der Waals surface area (Å²) in [5.41, 5.74) is 4.80. The molecule has 2 aromatic carbocycles. The Hall–Kier alpha value is -3.43. The third-order valence-corrected chi connectivity index (χ3v) is 5.07. The molecule has 2 heterocycles. The number of rotatable bonds is 3. The van der Waals surface area contributed by atoms with Gasteiger partial charge in [0.2, 0.25) is 0 Å². The standard InChI is InChI=1S/C20H13ClN4O2/c1-12-15(10-13-5-4-6-14(9-13)25(26)27)19(21)24-18-8-3-2-7-17(18)23-20(24)16(12)11-22/h2-9H,10H2,1H3. The van der Waals surface area contributed by atoms with Crippen LogP contribution in [0, 0.1) is 28.4 Å². The van der Waals surface area contributed by atoms with Crippen LogP contribution in [0.5, 0.6) is 0 Å². The number of para-hydroxylation sites is 2. The third kappa shape index (κ3) is 2.69. The fourth-order valence-corrected chi connectivity index (χ4v) is 3.70. The van der Waals surface area contributed by atoms with Crippen LogP contribution >= 0.6 is 11.6 Å². The monoisotopic (exact) mass is 376 g/mol. The Morgan fingerprint density at radius 3 is 2.78 bits per heavy atom. The zero-order valence-corrected chi connectivity index (χ0v) is 15.1. The Balaban J connectivity index is 1.98. The van der Waals surface area contributed by atoms with E-state index >= 15 is 0 Å². The molecule has 132 valence electrons. The van der Waals surface area contributed by atoms with Crippen LogP contribution < -0.4 is 0 Å². The van der Waals surface area contributed by atoms with Crippen LogP contribution in [0.15, 0.2) is 48.5 Å². The van der Waals surface area contributed by atoms with Gasteiger partial charge in [0.05, 0.1) is 21.5 Å². The van der Waals surface area contributed by atoms with E-state index in [1.807, 2.05) is 37.3 Å². The number of nitriles is 1. The second-order valence-electron chi connectivity index (χ2n) is 6.24. The van der Waals surface area contributed by atoms with Crippen LogP contribution in [0.25, 0.3) is 16.7 Å². The van der Waals surface area contributed by atoms with Gasteiger partial charge in [0.1, 0.15) is 11.2 Å². The predicted octanol–water partition coefficient (Wildman–Crippen LogP) is 4.82. The van der Waals surface area contributed by atoms with Gasteiger partial charge in [0.15, 0.2) is 5.65 Å². The summed E-state index contributed by atoms with van der Waals surface area (Å²) in [6.45, 7) is 1.83. The van der Waals surface area contributed by atoms with E-state index in [0.717, 1.165) is 27.7 Å². The molecule has 0 bridgehead atoms. The largest absolute Gasteiger partial charge is 0.281 e. The first-order valence-corrected chi connectivity index (χ1v) is 8.60. The number of nitro benzene ring substituents is 1. The Morgan fingerprint density at radius 2 is 2.04 bits per heavy atom. The molecule has 0 N–H and O–H groups in total. The smallest absolute Gasteiger partial charge is 0.269 e. The van der Waals surface area contributed by atoms with Gasteiger partial charge in [0, 0.05) is 18.6 Å². The van der Waals surface area contributed by atoms with Crippen LogP contribution in [0.2, 0.25) is 5.15 Å². The molecule has 0 unspecified atom stereocenters. The first-order valence-electron chi connectivity index (χ1n) is 8.23. The highest BCUT2D eigenvalue weighted by Gasteiger charge is 2.20. The SMILES string of the molecule is Cc1c(Cc2cccc([N+](=O)[O-])c2)c(Cl)n2c(nc3ccccc32)c1C#N. The third-order valence-electron chi connectivity index (χ3n) is 4.67. The minimum atomic E-state index is -0.425. The maximum atomic E-state index is 11.1. The first kappa shape index (κ1) is 17.0. The Bertz CT molecular complexity index is 1270. The van der Waals surface area contributed by atoms with E-state index in [2.05, 4.69) is 11.1 Å². The fourth-order valence-electron chi connectivity index (χ4n) is 3.32. The van der Waals surface area contributed by atoms with Crippen molar-refractivity contribution in [3.8, 4) is 6.07 Å². The molecule has 0 fully saturated rings. The molecule has 7 heteroatoms. The van der Waals surface area contributed by atoms with Crippen molar-refractivity contribution in [1.29, 1.82) is 5.26 Å². The van der Waals surface area contributed by atoms with Crippen molar-refractivity contribution in [3.05, 3.63) is 86.1 Å². The molecule has 0 saturated carbocycles. The normalized spacial score (nSPS) is 11.0. The Labute approximate surface area is 159 Å². The van der Waals surface area contributed by atoms with E-state index < -0.39 is 4.92 Å². The highest BCUT2D eigenvalue weighted by atomic mass is 35.5. The van der Waals surface area contributed by atoms with Crippen molar-refractivity contribution in [2.45, 2.75) is 13.3 Å². The second kappa shape index (κ2) is 6.38. The number of nitrogens with zero attached hydrogens (tertiary/aromatic N) is 4. The van der Waals surface area contributed by atoms with Gasteiger partial charge in [-0.2, -0.15) is 5.26 Å². The molecule has 4 rings (SSSR count). The number of fused-ring (bicyclic) bond motifs is 3. The lowest BCUT2D eigenvalue weighted by Gasteiger charge is -2.13. The average Bonchev–Trinajstić information content (AvgIpc) is 3.05. The minimum Gasteiger partial charge on any atom is -0.281 e. The number of nitro groups is 1. The molecular formula is C20H13ClN4O2. The number of non-ortho nitro benzene ring substituents is 1. The van der Waals surface area contributed by atoms with E-state index in [0.29, 0.717) is 22.8 Å². The van der Waals surface area contributed by atoms with Gasteiger partial charge < -0.3 is 0 Å². The zero-order chi connectivity index (χ0) is 19.1. The van der Waals surface area contributed by atoms with Gasteiger partial charge in [-0.05, 0) is 35.7 Å². The summed E-state index contributed by atoms with van der Waals surface area (Å²) in [4.78, 5) is 15.2. The number of hydrogen-bond donors (Lipinski definition) is 0. The molecule has 6 nitrogen and oxygen atoms in total. The molecule has 0 spiro atoms. The number of benzene rings is 2. The Morgan fingerprint density at radius 1 is 1.26 bits per heavy atom. The van der Waals surface area contributed by atoms with Crippen molar-refractivity contribution in [3.63, 3.8) is 0 Å². The first-order chi connectivity index (χ1) is 13.0. The molecule has 0 amide bonds. The predicted molar refractivity (Wildman–Crippen MR) is 103 cm³/mol. The summed E-state index contributed by atoms with van der Waals surface area (Å²) in [5, 5.41) is 21.2.